The number of aliphatic carboxylic acids is 2. The average molecular weight is 1230 g/mol. The molecule has 12 N–H and O–H groups in total. The predicted octanol–water partition coefficient (Wildman–Crippen LogP) is 3.84. The molecule has 442 valence electrons. The minimum absolute atomic E-state index is 0.0108. The summed E-state index contributed by atoms with van der Waals surface area (Å²) in [6, 6.07) is 21.7. The molecular weight excluding hydrogens is 1170 g/mol. The summed E-state index contributed by atoms with van der Waals surface area (Å²) in [4.78, 5) is 107. The van der Waals surface area contributed by atoms with E-state index < -0.39 is 91.1 Å². The summed E-state index contributed by atoms with van der Waals surface area (Å²) in [6.07, 6.45) is -6.59. The summed E-state index contributed by atoms with van der Waals surface area (Å²) in [7, 11) is -16.5. The molecule has 0 radical (unpaired) electrons. The van der Waals surface area contributed by atoms with Crippen LogP contribution >= 0.6 is 34.8 Å². The minimum atomic E-state index is -5.82. The van der Waals surface area contributed by atoms with Crippen LogP contribution in [-0.2, 0) is 54.3 Å². The Morgan fingerprint density at radius 2 is 1.39 bits per heavy atom. The van der Waals surface area contributed by atoms with Gasteiger partial charge in [0.05, 0.1) is 66.3 Å². The van der Waals surface area contributed by atoms with Crippen LogP contribution in [0.3, 0.4) is 0 Å². The maximum Gasteiger partial charge on any atom is 0.488 e. The number of aliphatic hydroxyl groups is 2. The van der Waals surface area contributed by atoms with Gasteiger partial charge in [0.2, 0.25) is 23.1 Å². The number of ether oxygens (including phenoxy) is 1. The number of hydrogen-bond acceptors (Lipinski definition) is 25. The second-order valence-electron chi connectivity index (χ2n) is 18.4. The molecule has 0 spiro atoms. The maximum atomic E-state index is 12.9. The zero-order valence-electron chi connectivity index (χ0n) is 43.8. The van der Waals surface area contributed by atoms with Crippen molar-refractivity contribution in [1.82, 2.24) is 59.2 Å². The van der Waals surface area contributed by atoms with Crippen LogP contribution in [0.1, 0.15) is 37.9 Å². The maximum absolute atomic E-state index is 12.9. The molecule has 32 nitrogen and oxygen atoms in total. The van der Waals surface area contributed by atoms with E-state index in [-0.39, 0.29) is 53.8 Å². The number of phosphoric ester groups is 1. The normalized spacial score (nSPS) is 18.4. The lowest BCUT2D eigenvalue weighted by Crippen LogP contribution is -2.34. The molecule has 0 bridgehead atoms. The first kappa shape index (κ1) is 62.0. The lowest BCUT2D eigenvalue weighted by molar-refractivity contribution is -0.142. The van der Waals surface area contributed by atoms with Crippen LogP contribution in [0.15, 0.2) is 83.9 Å². The van der Waals surface area contributed by atoms with Gasteiger partial charge in [-0.2, -0.15) is 24.2 Å². The van der Waals surface area contributed by atoms with Crippen molar-refractivity contribution in [2.24, 2.45) is 0 Å². The standard InChI is InChI=1S/C47H55ClN15O17P3/c1-3-61(4-2)20-29-8-5-10-31(52-29)33-18-27(19-34(55-33)32-11-6-9-30(53-32)21-62(22-36(64)65)23-37(66)67)26-12-14-28(15-13-26)54-47-59-44(48)58-46(60-47)50-16-7-17-81(71,72)79-83(75,76)80-82(73,74)77-24-35-39(68)40(69)43(78-35)63-25-51-38-41(63)56-45(49)57-42(38)70/h5-6,8-15,18-19,25,35,39-40,43,68-69H,3-4,7,16-17,20-24H2,1-2H3,(H,64,65)(H,66,67)(H,71,72)(H,73,74)(H,75,76)(H3,49,56,57,70)(H2,50,54,58,59,60)/t35-,39?,40+,43-/m1/s1. The number of nitrogen functional groups attached to an aromatic ring is 1. The smallest absolute Gasteiger partial charge is 0.480 e. The number of rotatable bonds is 28. The molecule has 36 heteroatoms. The fourth-order valence-electron chi connectivity index (χ4n) is 8.44. The number of aliphatic hydroxyl groups excluding tert-OH is 2. The van der Waals surface area contributed by atoms with E-state index in [4.69, 9.17) is 41.5 Å². The number of imidazole rings is 1. The Bertz CT molecular complexity index is 3680. The molecule has 1 aromatic carbocycles. The molecule has 7 atom stereocenters. The van der Waals surface area contributed by atoms with Gasteiger partial charge >= 0.3 is 35.2 Å². The Kier molecular flexibility index (Phi) is 19.9. The molecule has 8 rings (SSSR count). The van der Waals surface area contributed by atoms with Gasteiger partial charge in [-0.15, -0.1) is 0 Å². The SMILES string of the molecule is CCN(CC)Cc1cccc(-c2cc(-c3ccc(Nc4nc(Cl)nc(NCCCP(=O)(O)OP(=O)(O)OP(=O)(O)OC[C@H]5O[C@@H](n6cnc7c(=O)[nH]c(N)nc76)[C@@H](O)C5O)n4)cc3)cc(-c3cccc(CN(CC(=O)O)CC(=O)O)n3)n2)n1. The van der Waals surface area contributed by atoms with E-state index in [2.05, 4.69) is 67.9 Å². The zero-order chi connectivity index (χ0) is 59.8. The van der Waals surface area contributed by atoms with Crippen LogP contribution in [0.4, 0.5) is 23.5 Å². The van der Waals surface area contributed by atoms with Crippen LogP contribution in [0, 0.1) is 0 Å². The number of nitrogens with zero attached hydrogens (tertiary/aromatic N) is 11. The summed E-state index contributed by atoms with van der Waals surface area (Å²) < 4.78 is 58.1. The van der Waals surface area contributed by atoms with E-state index in [1.165, 1.54) is 4.90 Å². The van der Waals surface area contributed by atoms with Gasteiger partial charge in [-0.3, -0.25) is 42.8 Å². The van der Waals surface area contributed by atoms with Crippen molar-refractivity contribution < 1.29 is 76.3 Å². The molecular formula is C47H55ClN15O17P3. The van der Waals surface area contributed by atoms with Gasteiger partial charge in [0, 0.05) is 25.3 Å². The molecule has 0 aliphatic carbocycles. The average Bonchev–Trinajstić information content (AvgIpc) is 2.75. The van der Waals surface area contributed by atoms with E-state index in [0.29, 0.717) is 40.7 Å². The highest BCUT2D eigenvalue weighted by Gasteiger charge is 2.47. The first-order valence-electron chi connectivity index (χ1n) is 25.0. The molecule has 1 saturated heterocycles. The number of aromatic amines is 1. The Labute approximate surface area is 475 Å². The van der Waals surface area contributed by atoms with E-state index in [9.17, 15) is 63.2 Å². The lowest BCUT2D eigenvalue weighted by Gasteiger charge is -2.20. The van der Waals surface area contributed by atoms with Gasteiger partial charge in [-0.25, -0.2) is 33.4 Å². The van der Waals surface area contributed by atoms with E-state index >= 15 is 0 Å². The van der Waals surface area contributed by atoms with Crippen molar-refractivity contribution in [1.29, 1.82) is 0 Å². The molecule has 1 aliphatic rings. The van der Waals surface area contributed by atoms with Gasteiger partial charge in [0.1, 0.15) is 18.3 Å². The van der Waals surface area contributed by atoms with Crippen molar-refractivity contribution in [2.45, 2.75) is 57.9 Å². The van der Waals surface area contributed by atoms with Gasteiger partial charge < -0.3 is 56.2 Å². The van der Waals surface area contributed by atoms with Crippen LogP contribution in [0.5, 0.6) is 0 Å². The Morgan fingerprint density at radius 1 is 0.771 bits per heavy atom. The highest BCUT2D eigenvalue weighted by molar-refractivity contribution is 7.68. The summed E-state index contributed by atoms with van der Waals surface area (Å²) in [6.45, 7) is 4.14. The Hall–Kier alpha value is -7.09. The highest BCUT2D eigenvalue weighted by atomic mass is 35.5. The van der Waals surface area contributed by atoms with E-state index in [1.54, 1.807) is 30.3 Å². The molecule has 4 unspecified atom stereocenters. The lowest BCUT2D eigenvalue weighted by atomic mass is 10.0. The number of carboxylic acid groups (broad SMARTS) is 2. The number of fused-ring (bicyclic) bond motifs is 1. The van der Waals surface area contributed by atoms with Crippen LogP contribution in [-0.4, -0.2) is 170 Å². The third kappa shape index (κ3) is 16.8. The summed E-state index contributed by atoms with van der Waals surface area (Å²) in [5.74, 6) is -2.77. The largest absolute Gasteiger partial charge is 0.488 e. The second-order valence-corrected chi connectivity index (χ2v) is 23.9. The summed E-state index contributed by atoms with van der Waals surface area (Å²) >= 11 is 6.22. The van der Waals surface area contributed by atoms with Crippen LogP contribution < -0.4 is 21.9 Å². The number of carbonyl (C=O) groups is 2. The van der Waals surface area contributed by atoms with Crippen molar-refractivity contribution in [3.05, 3.63) is 106 Å². The number of nitrogens with two attached hydrogens (primary N) is 1. The number of pyridine rings is 3. The number of nitrogens with one attached hydrogen (secondary N) is 3. The van der Waals surface area contributed by atoms with Crippen LogP contribution in [0.2, 0.25) is 5.28 Å². The molecule has 1 fully saturated rings. The molecule has 7 aromatic rings. The van der Waals surface area contributed by atoms with E-state index in [0.717, 1.165) is 40.8 Å². The monoisotopic (exact) mass is 1230 g/mol. The molecule has 0 amide bonds. The Morgan fingerprint density at radius 3 is 2.00 bits per heavy atom. The number of benzene rings is 1. The second kappa shape index (κ2) is 26.7. The molecule has 7 heterocycles. The summed E-state index contributed by atoms with van der Waals surface area (Å²) in [5, 5.41) is 45.6. The van der Waals surface area contributed by atoms with Crippen molar-refractivity contribution in [3.63, 3.8) is 0 Å². The van der Waals surface area contributed by atoms with Gasteiger partial charge in [0.15, 0.2) is 17.4 Å². The minimum Gasteiger partial charge on any atom is -0.480 e. The number of carboxylic acids is 2. The fourth-order valence-corrected chi connectivity index (χ4v) is 12.7. The number of phosphoric acid groups is 2. The van der Waals surface area contributed by atoms with Crippen molar-refractivity contribution in [2.75, 3.05) is 61.9 Å². The number of hydrogen-bond donors (Lipinski definition) is 11. The Balaban J connectivity index is 0.882. The topological polar surface area (TPSA) is 461 Å². The predicted molar refractivity (Wildman–Crippen MR) is 295 cm³/mol. The number of aromatic nitrogens is 10. The molecule has 1 aliphatic heterocycles. The van der Waals surface area contributed by atoms with Crippen LogP contribution in [0.25, 0.3) is 45.1 Å². The summed E-state index contributed by atoms with van der Waals surface area (Å²) in [5.41, 5.74) is 9.83. The van der Waals surface area contributed by atoms with Gasteiger partial charge in [-0.1, -0.05) is 38.1 Å². The molecule has 83 heavy (non-hydrogen) atoms. The number of anilines is 4. The highest BCUT2D eigenvalue weighted by Crippen LogP contribution is 2.67. The third-order valence-electron chi connectivity index (χ3n) is 12.2. The third-order valence-corrected chi connectivity index (χ3v) is 17.3. The molecule has 0 saturated carbocycles. The molecule has 6 aromatic heterocycles. The van der Waals surface area contributed by atoms with Crippen molar-refractivity contribution in [3.8, 4) is 33.9 Å². The first-order chi connectivity index (χ1) is 39.3. The van der Waals surface area contributed by atoms with Gasteiger partial charge in [-0.05, 0) is 90.8 Å². The number of H-pyrrole nitrogens is 1. The zero-order valence-corrected chi connectivity index (χ0v) is 47.3. The first-order valence-corrected chi connectivity index (χ1v) is 30.1. The fraction of sp³-hybridized carbons (Fsp3) is 0.340. The van der Waals surface area contributed by atoms with E-state index in [1.807, 2.05) is 42.5 Å². The number of halogens is 1. The quantitative estimate of drug-likeness (QED) is 0.0245. The van der Waals surface area contributed by atoms with Crippen molar-refractivity contribution >= 4 is 81.5 Å². The van der Waals surface area contributed by atoms with Gasteiger partial charge in [0.25, 0.3) is 5.56 Å².